The van der Waals surface area contributed by atoms with Crippen LogP contribution in [-0.4, -0.2) is 28.4 Å². The molecule has 0 bridgehead atoms. The van der Waals surface area contributed by atoms with Gasteiger partial charge in [0, 0.05) is 18.1 Å². The van der Waals surface area contributed by atoms with Crippen LogP contribution in [0.4, 0.5) is 5.13 Å². The summed E-state index contributed by atoms with van der Waals surface area (Å²) in [5.41, 5.74) is 0.974. The van der Waals surface area contributed by atoms with Crippen molar-refractivity contribution < 1.29 is 4.79 Å². The molecule has 4 nitrogen and oxygen atoms in total. The fourth-order valence-electron chi connectivity index (χ4n) is 3.32. The lowest BCUT2D eigenvalue weighted by atomic mass is 10.1. The Morgan fingerprint density at radius 3 is 2.86 bits per heavy atom. The molecule has 1 amide bonds. The summed E-state index contributed by atoms with van der Waals surface area (Å²) < 4.78 is 0. The van der Waals surface area contributed by atoms with E-state index in [2.05, 4.69) is 9.88 Å². The van der Waals surface area contributed by atoms with Gasteiger partial charge in [0.1, 0.15) is 6.17 Å². The lowest BCUT2D eigenvalue weighted by Crippen LogP contribution is -2.32. The van der Waals surface area contributed by atoms with E-state index in [-0.39, 0.29) is 18.1 Å². The predicted molar refractivity (Wildman–Crippen MR) is 88.5 cm³/mol. The molecule has 1 aromatic heterocycles. The Balaban J connectivity index is 1.82. The van der Waals surface area contributed by atoms with E-state index in [9.17, 15) is 4.79 Å². The molecule has 0 saturated carbocycles. The molecule has 114 valence electrons. The van der Waals surface area contributed by atoms with Crippen molar-refractivity contribution >= 4 is 45.6 Å². The summed E-state index contributed by atoms with van der Waals surface area (Å²) in [6.45, 7) is 0.906. The predicted octanol–water partition coefficient (Wildman–Crippen LogP) is 3.96. The quantitative estimate of drug-likeness (QED) is 0.819. The molecule has 0 N–H and O–H groups in total. The first-order valence-corrected chi connectivity index (χ1v) is 8.73. The molecule has 2 unspecified atom stereocenters. The Labute approximate surface area is 142 Å². The molecule has 2 atom stereocenters. The first-order valence-electron chi connectivity index (χ1n) is 7.10. The number of thiazole rings is 1. The minimum atomic E-state index is -0.152. The van der Waals surface area contributed by atoms with Crippen LogP contribution in [0.25, 0.3) is 0 Å². The van der Waals surface area contributed by atoms with Crippen LogP contribution < -0.4 is 4.90 Å². The van der Waals surface area contributed by atoms with Crippen molar-refractivity contribution in [3.05, 3.63) is 45.4 Å². The van der Waals surface area contributed by atoms with E-state index in [0.717, 1.165) is 30.1 Å². The molecular weight excluding hydrogens is 341 g/mol. The van der Waals surface area contributed by atoms with Crippen LogP contribution >= 0.6 is 34.5 Å². The number of carbonyl (C=O) groups excluding carboxylic acids is 1. The standard InChI is InChI=1S/C15H13Cl2N3OS/c16-10-4-3-9(8-11(10)17)13-19-6-1-2-12(19)14(21)20(13)15-18-5-7-22-15/h3-5,7-8,12-13H,1-2,6H2. The van der Waals surface area contributed by atoms with Crippen LogP contribution in [0.5, 0.6) is 0 Å². The van der Waals surface area contributed by atoms with Crippen molar-refractivity contribution in [3.8, 4) is 0 Å². The van der Waals surface area contributed by atoms with Crippen molar-refractivity contribution in [2.24, 2.45) is 0 Å². The Morgan fingerprint density at radius 1 is 1.27 bits per heavy atom. The Hall–Kier alpha value is -1.14. The average Bonchev–Trinajstić information content (AvgIpc) is 3.20. The summed E-state index contributed by atoms with van der Waals surface area (Å²) >= 11 is 13.7. The van der Waals surface area contributed by atoms with E-state index in [1.165, 1.54) is 11.3 Å². The summed E-state index contributed by atoms with van der Waals surface area (Å²) in [6.07, 6.45) is 3.52. The van der Waals surface area contributed by atoms with E-state index in [4.69, 9.17) is 23.2 Å². The van der Waals surface area contributed by atoms with Gasteiger partial charge in [-0.05, 0) is 30.5 Å². The van der Waals surface area contributed by atoms with Gasteiger partial charge in [-0.2, -0.15) is 0 Å². The second kappa shape index (κ2) is 5.49. The maximum Gasteiger partial charge on any atom is 0.247 e. The molecule has 4 rings (SSSR count). The zero-order valence-electron chi connectivity index (χ0n) is 11.6. The van der Waals surface area contributed by atoms with Crippen LogP contribution in [0.1, 0.15) is 24.6 Å². The number of hydrogen-bond donors (Lipinski definition) is 0. The van der Waals surface area contributed by atoms with Gasteiger partial charge in [-0.25, -0.2) is 4.98 Å². The van der Waals surface area contributed by atoms with Crippen LogP contribution in [-0.2, 0) is 4.79 Å². The number of nitrogens with zero attached hydrogens (tertiary/aromatic N) is 3. The molecule has 2 aliphatic rings. The van der Waals surface area contributed by atoms with Gasteiger partial charge in [0.2, 0.25) is 5.91 Å². The lowest BCUT2D eigenvalue weighted by Gasteiger charge is -2.28. The highest BCUT2D eigenvalue weighted by atomic mass is 35.5. The number of carbonyl (C=O) groups is 1. The van der Waals surface area contributed by atoms with E-state index < -0.39 is 0 Å². The first-order chi connectivity index (χ1) is 10.7. The molecule has 22 heavy (non-hydrogen) atoms. The van der Waals surface area contributed by atoms with Crippen molar-refractivity contribution in [3.63, 3.8) is 0 Å². The summed E-state index contributed by atoms with van der Waals surface area (Å²) in [7, 11) is 0. The Morgan fingerprint density at radius 2 is 2.14 bits per heavy atom. The minimum Gasteiger partial charge on any atom is -0.273 e. The normalized spacial score (nSPS) is 25.0. The minimum absolute atomic E-state index is 0.0525. The smallest absolute Gasteiger partial charge is 0.247 e. The van der Waals surface area contributed by atoms with Crippen molar-refractivity contribution in [2.45, 2.75) is 25.0 Å². The van der Waals surface area contributed by atoms with E-state index in [1.807, 2.05) is 17.5 Å². The van der Waals surface area contributed by atoms with E-state index >= 15 is 0 Å². The average molecular weight is 354 g/mol. The van der Waals surface area contributed by atoms with Crippen molar-refractivity contribution in [1.82, 2.24) is 9.88 Å². The van der Waals surface area contributed by atoms with Crippen LogP contribution in [0.3, 0.4) is 0 Å². The van der Waals surface area contributed by atoms with Crippen LogP contribution in [0.15, 0.2) is 29.8 Å². The summed E-state index contributed by atoms with van der Waals surface area (Å²) in [6, 6.07) is 5.52. The molecular formula is C15H13Cl2N3OS. The molecule has 2 saturated heterocycles. The third-order valence-electron chi connectivity index (χ3n) is 4.24. The molecule has 3 heterocycles. The van der Waals surface area contributed by atoms with Crippen molar-refractivity contribution in [1.29, 1.82) is 0 Å². The lowest BCUT2D eigenvalue weighted by molar-refractivity contribution is -0.119. The van der Waals surface area contributed by atoms with Gasteiger partial charge in [-0.15, -0.1) is 11.3 Å². The third kappa shape index (κ3) is 2.15. The number of fused-ring (bicyclic) bond motifs is 1. The molecule has 0 radical (unpaired) electrons. The molecule has 1 aromatic carbocycles. The van der Waals surface area contributed by atoms with Crippen LogP contribution in [0.2, 0.25) is 10.0 Å². The van der Waals surface area contributed by atoms with Gasteiger partial charge in [-0.1, -0.05) is 29.3 Å². The number of aromatic nitrogens is 1. The monoisotopic (exact) mass is 353 g/mol. The highest BCUT2D eigenvalue weighted by Crippen LogP contribution is 2.43. The molecule has 7 heteroatoms. The van der Waals surface area contributed by atoms with E-state index in [0.29, 0.717) is 10.0 Å². The molecule has 2 fully saturated rings. The zero-order chi connectivity index (χ0) is 15.3. The van der Waals surface area contributed by atoms with Gasteiger partial charge in [0.25, 0.3) is 0 Å². The summed E-state index contributed by atoms with van der Waals surface area (Å²) in [5.74, 6) is 0.128. The fraction of sp³-hybridized carbons (Fsp3) is 0.333. The summed E-state index contributed by atoms with van der Waals surface area (Å²) in [5, 5.41) is 3.65. The topological polar surface area (TPSA) is 36.4 Å². The van der Waals surface area contributed by atoms with Gasteiger partial charge in [0.05, 0.1) is 16.1 Å². The number of rotatable bonds is 2. The highest BCUT2D eigenvalue weighted by Gasteiger charge is 2.50. The maximum atomic E-state index is 12.8. The molecule has 2 aliphatic heterocycles. The SMILES string of the molecule is O=C1C2CCCN2C(c2ccc(Cl)c(Cl)c2)N1c1nccs1. The maximum absolute atomic E-state index is 12.8. The fourth-order valence-corrected chi connectivity index (χ4v) is 4.30. The molecule has 0 spiro atoms. The second-order valence-electron chi connectivity index (χ2n) is 5.47. The third-order valence-corrected chi connectivity index (χ3v) is 5.75. The Bertz CT molecular complexity index is 722. The van der Waals surface area contributed by atoms with Gasteiger partial charge >= 0.3 is 0 Å². The number of hydrogen-bond acceptors (Lipinski definition) is 4. The Kier molecular flexibility index (Phi) is 3.61. The zero-order valence-corrected chi connectivity index (χ0v) is 13.9. The first kappa shape index (κ1) is 14.5. The van der Waals surface area contributed by atoms with Gasteiger partial charge in [0.15, 0.2) is 5.13 Å². The summed E-state index contributed by atoms with van der Waals surface area (Å²) in [4.78, 5) is 21.2. The molecule has 0 aliphatic carbocycles. The largest absolute Gasteiger partial charge is 0.273 e. The van der Waals surface area contributed by atoms with Gasteiger partial charge < -0.3 is 0 Å². The van der Waals surface area contributed by atoms with Crippen molar-refractivity contribution in [2.75, 3.05) is 11.4 Å². The number of benzene rings is 1. The second-order valence-corrected chi connectivity index (χ2v) is 7.15. The van der Waals surface area contributed by atoms with Gasteiger partial charge in [-0.3, -0.25) is 14.6 Å². The molecule has 2 aromatic rings. The van der Waals surface area contributed by atoms with E-state index in [1.54, 1.807) is 17.2 Å². The number of anilines is 1. The van der Waals surface area contributed by atoms with Crippen LogP contribution in [0, 0.1) is 0 Å². The number of halogens is 2. The highest BCUT2D eigenvalue weighted by molar-refractivity contribution is 7.13. The number of amides is 1.